The number of hydrogen-bond donors (Lipinski definition) is 1. The number of likely N-dealkylation sites (tertiary alicyclic amines) is 1. The molecule has 1 saturated heterocycles. The molecule has 2 unspecified atom stereocenters. The van der Waals surface area contributed by atoms with E-state index in [1.165, 1.54) is 45.4 Å². The van der Waals surface area contributed by atoms with Crippen molar-refractivity contribution in [1.82, 2.24) is 10.2 Å². The van der Waals surface area contributed by atoms with Crippen LogP contribution in [0.5, 0.6) is 0 Å². The van der Waals surface area contributed by atoms with E-state index in [-0.39, 0.29) is 0 Å². The molecule has 1 rings (SSSR count). The Morgan fingerprint density at radius 3 is 2.86 bits per heavy atom. The first-order valence-electron chi connectivity index (χ1n) is 6.22. The predicted octanol–water partition coefficient (Wildman–Crippen LogP) is 2.11. The predicted molar refractivity (Wildman–Crippen MR) is 62.6 cm³/mol. The summed E-state index contributed by atoms with van der Waals surface area (Å²) in [6.07, 6.45) is 4.05. The van der Waals surface area contributed by atoms with Crippen molar-refractivity contribution >= 4 is 0 Å². The average molecular weight is 198 g/mol. The van der Waals surface area contributed by atoms with Gasteiger partial charge in [-0.2, -0.15) is 0 Å². The van der Waals surface area contributed by atoms with Crippen molar-refractivity contribution < 1.29 is 0 Å². The van der Waals surface area contributed by atoms with Crippen LogP contribution < -0.4 is 5.32 Å². The number of nitrogens with one attached hydrogen (secondary N) is 1. The highest BCUT2D eigenvalue weighted by Gasteiger charge is 2.18. The van der Waals surface area contributed by atoms with Gasteiger partial charge in [-0.05, 0) is 51.7 Å². The van der Waals surface area contributed by atoms with Crippen LogP contribution in [0.15, 0.2) is 0 Å². The van der Waals surface area contributed by atoms with E-state index in [0.717, 1.165) is 5.92 Å². The molecule has 0 bridgehead atoms. The summed E-state index contributed by atoms with van der Waals surface area (Å²) < 4.78 is 0. The van der Waals surface area contributed by atoms with Crippen molar-refractivity contribution in [2.24, 2.45) is 5.92 Å². The van der Waals surface area contributed by atoms with E-state index in [1.807, 2.05) is 0 Å². The minimum absolute atomic E-state index is 0.687. The Morgan fingerprint density at radius 2 is 2.21 bits per heavy atom. The highest BCUT2D eigenvalue weighted by Crippen LogP contribution is 2.15. The molecule has 0 aromatic rings. The van der Waals surface area contributed by atoms with Crippen LogP contribution in [0.2, 0.25) is 0 Å². The SMILES string of the molecule is CCC(C)NCC1CCCN(CC)C1. The minimum atomic E-state index is 0.687. The number of rotatable bonds is 5. The van der Waals surface area contributed by atoms with E-state index in [1.54, 1.807) is 0 Å². The van der Waals surface area contributed by atoms with Gasteiger partial charge in [0.25, 0.3) is 0 Å². The summed E-state index contributed by atoms with van der Waals surface area (Å²) in [4.78, 5) is 2.58. The molecular formula is C12H26N2. The van der Waals surface area contributed by atoms with E-state index >= 15 is 0 Å². The lowest BCUT2D eigenvalue weighted by Gasteiger charge is -2.32. The maximum atomic E-state index is 3.62. The molecular weight excluding hydrogens is 172 g/mol. The second-order valence-corrected chi connectivity index (χ2v) is 4.62. The van der Waals surface area contributed by atoms with E-state index < -0.39 is 0 Å². The Balaban J connectivity index is 2.17. The van der Waals surface area contributed by atoms with E-state index in [2.05, 4.69) is 31.0 Å². The normalized spacial score (nSPS) is 26.4. The molecule has 84 valence electrons. The molecule has 1 fully saturated rings. The Morgan fingerprint density at radius 1 is 1.43 bits per heavy atom. The fourth-order valence-corrected chi connectivity index (χ4v) is 2.12. The van der Waals surface area contributed by atoms with Gasteiger partial charge in [0.2, 0.25) is 0 Å². The maximum absolute atomic E-state index is 3.62. The third kappa shape index (κ3) is 3.97. The quantitative estimate of drug-likeness (QED) is 0.728. The Kier molecular flexibility index (Phi) is 5.49. The Hall–Kier alpha value is -0.0800. The first-order chi connectivity index (χ1) is 6.76. The molecule has 2 nitrogen and oxygen atoms in total. The summed E-state index contributed by atoms with van der Waals surface area (Å²) in [5.41, 5.74) is 0. The molecule has 0 amide bonds. The zero-order chi connectivity index (χ0) is 10.4. The van der Waals surface area contributed by atoms with Gasteiger partial charge in [0.15, 0.2) is 0 Å². The molecule has 0 spiro atoms. The van der Waals surface area contributed by atoms with Gasteiger partial charge in [-0.15, -0.1) is 0 Å². The van der Waals surface area contributed by atoms with E-state index in [4.69, 9.17) is 0 Å². The molecule has 0 aromatic carbocycles. The fraction of sp³-hybridized carbons (Fsp3) is 1.00. The highest BCUT2D eigenvalue weighted by atomic mass is 15.1. The smallest absolute Gasteiger partial charge is 0.00362 e. The lowest BCUT2D eigenvalue weighted by atomic mass is 9.97. The van der Waals surface area contributed by atoms with Crippen molar-refractivity contribution in [3.05, 3.63) is 0 Å². The summed E-state index contributed by atoms with van der Waals surface area (Å²) in [5, 5.41) is 3.62. The molecule has 0 saturated carbocycles. The summed E-state index contributed by atoms with van der Waals surface area (Å²) in [7, 11) is 0. The van der Waals surface area contributed by atoms with Crippen LogP contribution in [0.4, 0.5) is 0 Å². The molecule has 1 aliphatic heterocycles. The minimum Gasteiger partial charge on any atom is -0.314 e. The lowest BCUT2D eigenvalue weighted by molar-refractivity contribution is 0.178. The van der Waals surface area contributed by atoms with Crippen LogP contribution in [0.3, 0.4) is 0 Å². The third-order valence-electron chi connectivity index (χ3n) is 3.42. The highest BCUT2D eigenvalue weighted by molar-refractivity contribution is 4.74. The summed E-state index contributed by atoms with van der Waals surface area (Å²) in [6, 6.07) is 0.687. The number of piperidine rings is 1. The first kappa shape index (κ1) is 12.0. The molecule has 14 heavy (non-hydrogen) atoms. The van der Waals surface area contributed by atoms with Gasteiger partial charge in [-0.25, -0.2) is 0 Å². The summed E-state index contributed by atoms with van der Waals surface area (Å²) in [5.74, 6) is 0.887. The van der Waals surface area contributed by atoms with Gasteiger partial charge in [-0.3, -0.25) is 0 Å². The van der Waals surface area contributed by atoms with Crippen molar-refractivity contribution in [3.8, 4) is 0 Å². The van der Waals surface area contributed by atoms with Crippen LogP contribution >= 0.6 is 0 Å². The van der Waals surface area contributed by atoms with Crippen molar-refractivity contribution in [2.75, 3.05) is 26.2 Å². The van der Waals surface area contributed by atoms with Crippen molar-refractivity contribution in [2.45, 2.75) is 46.1 Å². The maximum Gasteiger partial charge on any atom is 0.00362 e. The Bertz CT molecular complexity index is 147. The Labute approximate surface area is 89.1 Å². The topological polar surface area (TPSA) is 15.3 Å². The van der Waals surface area contributed by atoms with E-state index in [0.29, 0.717) is 6.04 Å². The number of hydrogen-bond acceptors (Lipinski definition) is 2. The monoisotopic (exact) mass is 198 g/mol. The molecule has 2 atom stereocenters. The van der Waals surface area contributed by atoms with Crippen molar-refractivity contribution in [1.29, 1.82) is 0 Å². The van der Waals surface area contributed by atoms with Gasteiger partial charge in [-0.1, -0.05) is 13.8 Å². The molecule has 1 N–H and O–H groups in total. The van der Waals surface area contributed by atoms with Gasteiger partial charge in [0.1, 0.15) is 0 Å². The first-order valence-corrected chi connectivity index (χ1v) is 6.22. The largest absolute Gasteiger partial charge is 0.314 e. The van der Waals surface area contributed by atoms with Crippen LogP contribution in [0.25, 0.3) is 0 Å². The molecule has 1 aliphatic rings. The lowest BCUT2D eigenvalue weighted by Crippen LogP contribution is -2.41. The molecule has 0 aliphatic carbocycles. The molecule has 0 aromatic heterocycles. The zero-order valence-corrected chi connectivity index (χ0v) is 10.1. The van der Waals surface area contributed by atoms with Crippen LogP contribution in [0.1, 0.15) is 40.0 Å². The van der Waals surface area contributed by atoms with Crippen LogP contribution in [-0.2, 0) is 0 Å². The fourth-order valence-electron chi connectivity index (χ4n) is 2.12. The summed E-state index contributed by atoms with van der Waals surface area (Å²) >= 11 is 0. The number of nitrogens with zero attached hydrogens (tertiary/aromatic N) is 1. The average Bonchev–Trinajstić information content (AvgIpc) is 2.26. The van der Waals surface area contributed by atoms with Crippen molar-refractivity contribution in [3.63, 3.8) is 0 Å². The van der Waals surface area contributed by atoms with Gasteiger partial charge in [0.05, 0.1) is 0 Å². The standard InChI is InChI=1S/C12H26N2/c1-4-11(3)13-9-12-7-6-8-14(5-2)10-12/h11-13H,4-10H2,1-3H3. The van der Waals surface area contributed by atoms with E-state index in [9.17, 15) is 0 Å². The second kappa shape index (κ2) is 6.41. The van der Waals surface area contributed by atoms with Gasteiger partial charge in [0, 0.05) is 12.6 Å². The third-order valence-corrected chi connectivity index (χ3v) is 3.42. The van der Waals surface area contributed by atoms with Crippen LogP contribution in [0, 0.1) is 5.92 Å². The van der Waals surface area contributed by atoms with Crippen LogP contribution in [-0.4, -0.2) is 37.1 Å². The molecule has 0 radical (unpaired) electrons. The summed E-state index contributed by atoms with van der Waals surface area (Å²) in [6.45, 7) is 11.9. The molecule has 2 heteroatoms. The van der Waals surface area contributed by atoms with Gasteiger partial charge >= 0.3 is 0 Å². The molecule has 1 heterocycles. The van der Waals surface area contributed by atoms with Gasteiger partial charge < -0.3 is 10.2 Å². The second-order valence-electron chi connectivity index (χ2n) is 4.62. The zero-order valence-electron chi connectivity index (χ0n) is 10.1.